The van der Waals surface area contributed by atoms with Crippen LogP contribution in [-0.4, -0.2) is 46.0 Å². The third-order valence-electron chi connectivity index (χ3n) is 4.91. The van der Waals surface area contributed by atoms with Crippen LogP contribution in [0.2, 0.25) is 0 Å². The van der Waals surface area contributed by atoms with E-state index < -0.39 is 11.9 Å². The Morgan fingerprint density at radius 3 is 2.72 bits per heavy atom. The molecule has 1 aromatic carbocycles. The number of aromatic nitrogens is 3. The van der Waals surface area contributed by atoms with E-state index in [2.05, 4.69) is 9.97 Å². The molecule has 29 heavy (non-hydrogen) atoms. The highest BCUT2D eigenvalue weighted by Crippen LogP contribution is 2.32. The van der Waals surface area contributed by atoms with Gasteiger partial charge in [0.2, 0.25) is 11.8 Å². The summed E-state index contributed by atoms with van der Waals surface area (Å²) in [4.78, 5) is 37.5. The highest BCUT2D eigenvalue weighted by atomic mass is 16.5. The van der Waals surface area contributed by atoms with E-state index in [1.807, 2.05) is 41.3 Å². The van der Waals surface area contributed by atoms with Gasteiger partial charge in [-0.2, -0.15) is 0 Å². The highest BCUT2D eigenvalue weighted by molar-refractivity contribution is 5.93. The van der Waals surface area contributed by atoms with Crippen LogP contribution in [0.1, 0.15) is 18.5 Å². The van der Waals surface area contributed by atoms with Gasteiger partial charge in [0.25, 0.3) is 0 Å². The molecule has 0 radical (unpaired) electrons. The first kappa shape index (κ1) is 18.9. The molecular weight excluding hydrogens is 372 g/mol. The zero-order chi connectivity index (χ0) is 20.4. The van der Waals surface area contributed by atoms with Crippen LogP contribution in [-0.2, 0) is 20.9 Å². The number of nitrogens with one attached hydrogen (secondary N) is 1. The van der Waals surface area contributed by atoms with Crippen molar-refractivity contribution in [1.82, 2.24) is 15.0 Å². The number of fused-ring (bicyclic) bond motifs is 1. The summed E-state index contributed by atoms with van der Waals surface area (Å²) in [6.45, 7) is 0.699. The summed E-state index contributed by atoms with van der Waals surface area (Å²) in [5.41, 5.74) is 13.0. The topological polar surface area (TPSA) is 140 Å². The predicted molar refractivity (Wildman–Crippen MR) is 108 cm³/mol. The Bertz CT molecular complexity index is 1050. The average Bonchev–Trinajstić information content (AvgIpc) is 3.34. The smallest absolute Gasteiger partial charge is 0.243 e. The SMILES string of the molecule is NC(=O)COCc1cc2c(N3CCCC3C(N)=O)nc(-c3ccccc3)nc2[nH]1. The van der Waals surface area contributed by atoms with Crippen LogP contribution in [0.15, 0.2) is 36.4 Å². The molecule has 1 saturated heterocycles. The van der Waals surface area contributed by atoms with E-state index in [0.29, 0.717) is 30.3 Å². The number of primary amides is 2. The molecule has 2 amide bonds. The first-order valence-corrected chi connectivity index (χ1v) is 9.40. The van der Waals surface area contributed by atoms with Crippen molar-refractivity contribution >= 4 is 28.7 Å². The van der Waals surface area contributed by atoms with Crippen molar-refractivity contribution in [3.05, 3.63) is 42.1 Å². The summed E-state index contributed by atoms with van der Waals surface area (Å²) >= 11 is 0. The fourth-order valence-corrected chi connectivity index (χ4v) is 3.64. The number of H-pyrrole nitrogens is 1. The summed E-state index contributed by atoms with van der Waals surface area (Å²) in [6, 6.07) is 11.1. The fraction of sp³-hybridized carbons (Fsp3) is 0.300. The summed E-state index contributed by atoms with van der Waals surface area (Å²) < 4.78 is 5.31. The molecule has 1 aliphatic heterocycles. The molecule has 1 unspecified atom stereocenters. The molecule has 0 aliphatic carbocycles. The van der Waals surface area contributed by atoms with Crippen LogP contribution < -0.4 is 16.4 Å². The number of amides is 2. The molecule has 2 aromatic heterocycles. The molecule has 4 rings (SSSR count). The number of hydrogen-bond donors (Lipinski definition) is 3. The fourth-order valence-electron chi connectivity index (χ4n) is 3.64. The molecule has 3 heterocycles. The Kier molecular flexibility index (Phi) is 5.13. The first-order chi connectivity index (χ1) is 14.0. The highest BCUT2D eigenvalue weighted by Gasteiger charge is 2.32. The average molecular weight is 394 g/mol. The first-order valence-electron chi connectivity index (χ1n) is 9.40. The van der Waals surface area contributed by atoms with Crippen molar-refractivity contribution in [2.75, 3.05) is 18.1 Å². The lowest BCUT2D eigenvalue weighted by atomic mass is 10.2. The Balaban J connectivity index is 1.79. The quantitative estimate of drug-likeness (QED) is 0.548. The van der Waals surface area contributed by atoms with Crippen molar-refractivity contribution in [3.63, 3.8) is 0 Å². The standard InChI is InChI=1S/C20H22N6O3/c21-16(27)11-29-10-13-9-14-19(23-13)24-18(12-5-2-1-3-6-12)25-20(14)26-8-4-7-15(26)17(22)28/h1-3,5-6,9,15H,4,7-8,10-11H2,(H2,21,27)(H2,22,28)(H,23,24,25). The number of benzene rings is 1. The summed E-state index contributed by atoms with van der Waals surface area (Å²) in [5, 5.41) is 0.774. The molecule has 0 bridgehead atoms. The van der Waals surface area contributed by atoms with E-state index in [1.165, 1.54) is 0 Å². The van der Waals surface area contributed by atoms with Crippen molar-refractivity contribution in [2.24, 2.45) is 11.5 Å². The molecule has 0 saturated carbocycles. The maximum atomic E-state index is 12.0. The molecule has 9 nitrogen and oxygen atoms in total. The van der Waals surface area contributed by atoms with Crippen LogP contribution in [0.25, 0.3) is 22.4 Å². The van der Waals surface area contributed by atoms with Gasteiger partial charge < -0.3 is 26.1 Å². The maximum absolute atomic E-state index is 12.0. The van der Waals surface area contributed by atoms with Crippen molar-refractivity contribution < 1.29 is 14.3 Å². The predicted octanol–water partition coefficient (Wildman–Crippen LogP) is 1.08. The second-order valence-electron chi connectivity index (χ2n) is 7.01. The van der Waals surface area contributed by atoms with Crippen LogP contribution >= 0.6 is 0 Å². The summed E-state index contributed by atoms with van der Waals surface area (Å²) in [7, 11) is 0. The van der Waals surface area contributed by atoms with Gasteiger partial charge in [-0.3, -0.25) is 9.59 Å². The van der Waals surface area contributed by atoms with Crippen molar-refractivity contribution in [3.8, 4) is 11.4 Å². The second-order valence-corrected chi connectivity index (χ2v) is 7.01. The summed E-state index contributed by atoms with van der Waals surface area (Å²) in [6.07, 6.45) is 1.55. The van der Waals surface area contributed by atoms with Crippen molar-refractivity contribution in [1.29, 1.82) is 0 Å². The number of rotatable bonds is 7. The van der Waals surface area contributed by atoms with Gasteiger partial charge in [-0.1, -0.05) is 30.3 Å². The van der Waals surface area contributed by atoms with Gasteiger partial charge in [-0.25, -0.2) is 9.97 Å². The molecule has 1 aliphatic rings. The van der Waals surface area contributed by atoms with E-state index in [1.54, 1.807) is 0 Å². The number of aromatic amines is 1. The molecule has 1 fully saturated rings. The Labute approximate surface area is 167 Å². The van der Waals surface area contributed by atoms with Crippen molar-refractivity contribution in [2.45, 2.75) is 25.5 Å². The van der Waals surface area contributed by atoms with Crippen LogP contribution in [0.5, 0.6) is 0 Å². The summed E-state index contributed by atoms with van der Waals surface area (Å²) in [5.74, 6) is 0.313. The van der Waals surface area contributed by atoms with Gasteiger partial charge in [-0.05, 0) is 18.9 Å². The third kappa shape index (κ3) is 3.90. The minimum absolute atomic E-state index is 0.168. The monoisotopic (exact) mass is 394 g/mol. The molecule has 5 N–H and O–H groups in total. The van der Waals surface area contributed by atoms with E-state index in [4.69, 9.17) is 21.2 Å². The minimum atomic E-state index is -0.533. The lowest BCUT2D eigenvalue weighted by Gasteiger charge is -2.24. The molecule has 150 valence electrons. The van der Waals surface area contributed by atoms with E-state index in [-0.39, 0.29) is 19.1 Å². The normalized spacial score (nSPS) is 16.4. The number of hydrogen-bond acceptors (Lipinski definition) is 6. The van der Waals surface area contributed by atoms with Gasteiger partial charge in [0.1, 0.15) is 24.1 Å². The number of nitrogens with zero attached hydrogens (tertiary/aromatic N) is 3. The molecular formula is C20H22N6O3. The molecule has 1 atom stereocenters. The Morgan fingerprint density at radius 2 is 2.00 bits per heavy atom. The number of ether oxygens (including phenoxy) is 1. The number of nitrogens with two attached hydrogens (primary N) is 2. The molecule has 0 spiro atoms. The zero-order valence-corrected chi connectivity index (χ0v) is 15.8. The van der Waals surface area contributed by atoms with Gasteiger partial charge in [0, 0.05) is 17.8 Å². The third-order valence-corrected chi connectivity index (χ3v) is 4.91. The zero-order valence-electron chi connectivity index (χ0n) is 15.8. The number of carbonyl (C=O) groups is 2. The lowest BCUT2D eigenvalue weighted by molar-refractivity contribution is -0.123. The van der Waals surface area contributed by atoms with Crippen LogP contribution in [0.4, 0.5) is 5.82 Å². The van der Waals surface area contributed by atoms with E-state index in [9.17, 15) is 9.59 Å². The number of anilines is 1. The molecule has 3 aromatic rings. The van der Waals surface area contributed by atoms with Gasteiger partial charge in [-0.15, -0.1) is 0 Å². The Hall–Kier alpha value is -3.46. The van der Waals surface area contributed by atoms with Gasteiger partial charge in [0.15, 0.2) is 5.82 Å². The minimum Gasteiger partial charge on any atom is -0.368 e. The maximum Gasteiger partial charge on any atom is 0.243 e. The Morgan fingerprint density at radius 1 is 1.21 bits per heavy atom. The second kappa shape index (κ2) is 7.88. The van der Waals surface area contributed by atoms with E-state index >= 15 is 0 Å². The largest absolute Gasteiger partial charge is 0.368 e. The van der Waals surface area contributed by atoms with Gasteiger partial charge in [0.05, 0.1) is 12.0 Å². The van der Waals surface area contributed by atoms with Crippen LogP contribution in [0.3, 0.4) is 0 Å². The number of carbonyl (C=O) groups excluding carboxylic acids is 2. The lowest BCUT2D eigenvalue weighted by Crippen LogP contribution is -2.40. The van der Waals surface area contributed by atoms with E-state index in [0.717, 1.165) is 23.1 Å². The van der Waals surface area contributed by atoms with Crippen LogP contribution in [0, 0.1) is 0 Å². The molecule has 9 heteroatoms. The van der Waals surface area contributed by atoms with Gasteiger partial charge >= 0.3 is 0 Å².